The topological polar surface area (TPSA) is 121 Å². The van der Waals surface area contributed by atoms with Crippen LogP contribution in [-0.4, -0.2) is 80.5 Å². The second kappa shape index (κ2) is 4.86. The van der Waals surface area contributed by atoms with Crippen molar-refractivity contribution in [3.05, 3.63) is 0 Å². The van der Waals surface area contributed by atoms with Gasteiger partial charge in [0.15, 0.2) is 0 Å². The van der Waals surface area contributed by atoms with Crippen LogP contribution in [0.2, 0.25) is 0 Å². The summed E-state index contributed by atoms with van der Waals surface area (Å²) in [5.74, 6) is -1.10. The number of aliphatic carboxylic acids is 1. The molecule has 1 heterocycles. The van der Waals surface area contributed by atoms with E-state index < -0.39 is 30.4 Å². The van der Waals surface area contributed by atoms with Crippen molar-refractivity contribution >= 4 is 5.97 Å². The number of β-amino-alcohol motifs (C(OH)–C–C–N with tert-alkyl or cyclic N) is 2. The summed E-state index contributed by atoms with van der Waals surface area (Å²) in [6.07, 6.45) is -5.45. The molecule has 0 aromatic heterocycles. The van der Waals surface area contributed by atoms with E-state index in [2.05, 4.69) is 0 Å². The van der Waals surface area contributed by atoms with Crippen LogP contribution in [0.15, 0.2) is 0 Å². The molecule has 7 nitrogen and oxygen atoms in total. The summed E-state index contributed by atoms with van der Waals surface area (Å²) in [5, 5.41) is 45.9. The molecule has 1 rings (SSSR count). The Morgan fingerprint density at radius 1 is 1.07 bits per heavy atom. The Balaban J connectivity index is 2.67. The zero-order chi connectivity index (χ0) is 11.6. The number of nitrogens with zero attached hydrogens (tertiary/aromatic N) is 1. The maximum Gasteiger partial charge on any atom is 0.317 e. The fourth-order valence-corrected chi connectivity index (χ4v) is 1.60. The van der Waals surface area contributed by atoms with Crippen molar-refractivity contribution in [2.45, 2.75) is 24.4 Å². The lowest BCUT2D eigenvalue weighted by atomic mass is 10.1. The molecule has 0 aliphatic carbocycles. The van der Waals surface area contributed by atoms with Crippen molar-refractivity contribution in [1.82, 2.24) is 4.90 Å². The molecule has 0 aromatic carbocycles. The standard InChI is InChI=1S/C8H15NO6/c10-4-1-9(3-6(12)13)2-5(11)8(15)7(4)14/h4-5,7-8,10-11,14-15H,1-3H2,(H,12,13)/t4-,5-,7-,8-/m1/s1. The number of hydrogen-bond acceptors (Lipinski definition) is 6. The molecule has 0 bridgehead atoms. The predicted molar refractivity (Wildman–Crippen MR) is 48.1 cm³/mol. The first-order chi connectivity index (χ1) is 6.91. The van der Waals surface area contributed by atoms with Crippen LogP contribution in [0.5, 0.6) is 0 Å². The molecule has 0 unspecified atom stereocenters. The van der Waals surface area contributed by atoms with Crippen LogP contribution in [0, 0.1) is 0 Å². The molecule has 1 aliphatic heterocycles. The van der Waals surface area contributed by atoms with E-state index >= 15 is 0 Å². The van der Waals surface area contributed by atoms with E-state index in [9.17, 15) is 25.2 Å². The van der Waals surface area contributed by atoms with Crippen LogP contribution in [0.4, 0.5) is 0 Å². The van der Waals surface area contributed by atoms with Gasteiger partial charge in [0.05, 0.1) is 18.8 Å². The molecule has 0 aromatic rings. The minimum Gasteiger partial charge on any atom is -0.480 e. The van der Waals surface area contributed by atoms with Gasteiger partial charge in [0.1, 0.15) is 12.2 Å². The zero-order valence-corrected chi connectivity index (χ0v) is 8.02. The monoisotopic (exact) mass is 221 g/mol. The Morgan fingerprint density at radius 3 is 1.80 bits per heavy atom. The first-order valence-electron chi connectivity index (χ1n) is 4.58. The van der Waals surface area contributed by atoms with Crippen molar-refractivity contribution in [3.8, 4) is 0 Å². The average molecular weight is 221 g/mol. The van der Waals surface area contributed by atoms with E-state index in [0.29, 0.717) is 0 Å². The third kappa shape index (κ3) is 3.11. The summed E-state index contributed by atoms with van der Waals surface area (Å²) in [6.45, 7) is -0.545. The average Bonchev–Trinajstić information content (AvgIpc) is 2.19. The highest BCUT2D eigenvalue weighted by molar-refractivity contribution is 5.69. The molecule has 0 saturated carbocycles. The van der Waals surface area contributed by atoms with Crippen molar-refractivity contribution in [3.63, 3.8) is 0 Å². The van der Waals surface area contributed by atoms with Gasteiger partial charge in [-0.05, 0) is 0 Å². The van der Waals surface area contributed by atoms with Crippen molar-refractivity contribution < 1.29 is 30.3 Å². The first kappa shape index (κ1) is 12.3. The van der Waals surface area contributed by atoms with Crippen molar-refractivity contribution in [2.24, 2.45) is 0 Å². The molecule has 15 heavy (non-hydrogen) atoms. The number of rotatable bonds is 2. The van der Waals surface area contributed by atoms with E-state index in [1.54, 1.807) is 0 Å². The number of aliphatic hydroxyl groups excluding tert-OH is 4. The number of carbonyl (C=O) groups is 1. The quantitative estimate of drug-likeness (QED) is 0.333. The summed E-state index contributed by atoms with van der Waals surface area (Å²) < 4.78 is 0. The Morgan fingerprint density at radius 2 is 1.47 bits per heavy atom. The second-order valence-electron chi connectivity index (χ2n) is 3.70. The minimum absolute atomic E-state index is 0.0956. The fourth-order valence-electron chi connectivity index (χ4n) is 1.60. The predicted octanol–water partition coefficient (Wildman–Crippen LogP) is -3.17. The van der Waals surface area contributed by atoms with Gasteiger partial charge in [-0.2, -0.15) is 0 Å². The van der Waals surface area contributed by atoms with Gasteiger partial charge in [-0.25, -0.2) is 0 Å². The highest BCUT2D eigenvalue weighted by Crippen LogP contribution is 2.12. The van der Waals surface area contributed by atoms with Gasteiger partial charge in [0, 0.05) is 13.1 Å². The van der Waals surface area contributed by atoms with Crippen molar-refractivity contribution in [2.75, 3.05) is 19.6 Å². The summed E-state index contributed by atoms with van der Waals surface area (Å²) in [7, 11) is 0. The lowest BCUT2D eigenvalue weighted by Gasteiger charge is -2.21. The van der Waals surface area contributed by atoms with Crippen LogP contribution in [0.25, 0.3) is 0 Å². The lowest BCUT2D eigenvalue weighted by molar-refractivity contribution is -0.138. The van der Waals surface area contributed by atoms with Gasteiger partial charge in [-0.1, -0.05) is 0 Å². The molecule has 88 valence electrons. The Bertz CT molecular complexity index is 219. The largest absolute Gasteiger partial charge is 0.480 e. The smallest absolute Gasteiger partial charge is 0.317 e. The molecule has 1 fully saturated rings. The molecular weight excluding hydrogens is 206 g/mol. The van der Waals surface area contributed by atoms with Gasteiger partial charge in [0.2, 0.25) is 0 Å². The van der Waals surface area contributed by atoms with Gasteiger partial charge in [-0.3, -0.25) is 9.69 Å². The van der Waals surface area contributed by atoms with Crippen LogP contribution in [0.1, 0.15) is 0 Å². The van der Waals surface area contributed by atoms with E-state index in [-0.39, 0.29) is 19.6 Å². The number of carboxylic acid groups (broad SMARTS) is 1. The highest BCUT2D eigenvalue weighted by atomic mass is 16.4. The molecule has 0 radical (unpaired) electrons. The van der Waals surface area contributed by atoms with Gasteiger partial charge in [-0.15, -0.1) is 0 Å². The summed E-state index contributed by atoms with van der Waals surface area (Å²) >= 11 is 0. The summed E-state index contributed by atoms with van der Waals surface area (Å²) in [5.41, 5.74) is 0. The first-order valence-corrected chi connectivity index (χ1v) is 4.58. The molecule has 0 spiro atoms. The molecule has 4 atom stereocenters. The number of likely N-dealkylation sites (tertiary alicyclic amines) is 1. The molecule has 1 aliphatic rings. The summed E-state index contributed by atoms with van der Waals surface area (Å²) in [4.78, 5) is 11.7. The van der Waals surface area contributed by atoms with Crippen molar-refractivity contribution in [1.29, 1.82) is 0 Å². The van der Waals surface area contributed by atoms with Gasteiger partial charge in [0.25, 0.3) is 0 Å². The Labute approximate surface area is 86.2 Å². The minimum atomic E-state index is -1.46. The normalized spacial score (nSPS) is 38.7. The third-order valence-corrected chi connectivity index (χ3v) is 2.39. The van der Waals surface area contributed by atoms with Crippen LogP contribution >= 0.6 is 0 Å². The Kier molecular flexibility index (Phi) is 4.00. The summed E-state index contributed by atoms with van der Waals surface area (Å²) in [6, 6.07) is 0. The van der Waals surface area contributed by atoms with E-state index in [1.807, 2.05) is 0 Å². The maximum atomic E-state index is 10.4. The highest BCUT2D eigenvalue weighted by Gasteiger charge is 2.36. The second-order valence-corrected chi connectivity index (χ2v) is 3.70. The fraction of sp³-hybridized carbons (Fsp3) is 0.875. The lowest BCUT2D eigenvalue weighted by Crippen LogP contribution is -2.43. The Hall–Kier alpha value is -0.730. The van der Waals surface area contributed by atoms with Crippen LogP contribution in [-0.2, 0) is 4.79 Å². The van der Waals surface area contributed by atoms with E-state index in [0.717, 1.165) is 0 Å². The van der Waals surface area contributed by atoms with Gasteiger partial charge < -0.3 is 25.5 Å². The molecular formula is C8H15NO6. The zero-order valence-electron chi connectivity index (χ0n) is 8.02. The molecule has 7 heteroatoms. The van der Waals surface area contributed by atoms with Crippen LogP contribution < -0.4 is 0 Å². The number of carboxylic acids is 1. The molecule has 1 saturated heterocycles. The van der Waals surface area contributed by atoms with Crippen LogP contribution in [0.3, 0.4) is 0 Å². The van der Waals surface area contributed by atoms with E-state index in [1.165, 1.54) is 4.90 Å². The van der Waals surface area contributed by atoms with E-state index in [4.69, 9.17) is 5.11 Å². The SMILES string of the molecule is O=C(O)CN1C[C@@H](O)[C@@H](O)[C@H](O)[C@H](O)C1. The number of hydrogen-bond donors (Lipinski definition) is 5. The molecule has 0 amide bonds. The third-order valence-electron chi connectivity index (χ3n) is 2.39. The molecule has 5 N–H and O–H groups in total. The van der Waals surface area contributed by atoms with Gasteiger partial charge >= 0.3 is 5.97 Å². The maximum absolute atomic E-state index is 10.4. The number of aliphatic hydroxyl groups is 4.